The Bertz CT molecular complexity index is 743. The molecular weight excluding hydrogens is 423 g/mol. The van der Waals surface area contributed by atoms with Gasteiger partial charge in [0.25, 0.3) is 0 Å². The second-order valence-corrected chi connectivity index (χ2v) is 7.03. The maximum atomic E-state index is 12.3. The molecule has 9 nitrogen and oxygen atoms in total. The fourth-order valence-corrected chi connectivity index (χ4v) is 2.78. The molecule has 2 fully saturated rings. The van der Waals surface area contributed by atoms with Gasteiger partial charge in [-0.25, -0.2) is 4.79 Å². The summed E-state index contributed by atoms with van der Waals surface area (Å²) in [5, 5.41) is 21.6. The maximum absolute atomic E-state index is 12.3. The highest BCUT2D eigenvalue weighted by Crippen LogP contribution is 2.18. The minimum absolute atomic E-state index is 0.0848. The van der Waals surface area contributed by atoms with Crippen LogP contribution in [0.15, 0.2) is 12.2 Å². The van der Waals surface area contributed by atoms with Gasteiger partial charge in [-0.1, -0.05) is 12.0 Å². The third kappa shape index (κ3) is 9.52. The highest BCUT2D eigenvalue weighted by Gasteiger charge is 2.38. The Morgan fingerprint density at radius 3 is 2.32 bits per heavy atom. The van der Waals surface area contributed by atoms with Gasteiger partial charge < -0.3 is 25.7 Å². The smallest absolute Gasteiger partial charge is 0.481 e. The number of hydrogen-bond donors (Lipinski definition) is 4. The van der Waals surface area contributed by atoms with Gasteiger partial charge in [-0.05, 0) is 18.9 Å². The summed E-state index contributed by atoms with van der Waals surface area (Å²) >= 11 is 0. The van der Waals surface area contributed by atoms with E-state index >= 15 is 0 Å². The van der Waals surface area contributed by atoms with Crippen LogP contribution >= 0.6 is 0 Å². The summed E-state index contributed by atoms with van der Waals surface area (Å²) < 4.78 is 31.7. The van der Waals surface area contributed by atoms with Crippen molar-refractivity contribution in [3.8, 4) is 12.3 Å². The minimum atomic E-state index is -5.08. The van der Waals surface area contributed by atoms with Crippen LogP contribution in [0, 0.1) is 24.2 Å². The van der Waals surface area contributed by atoms with Gasteiger partial charge in [-0.2, -0.15) is 13.2 Å². The molecule has 2 rings (SSSR count). The highest BCUT2D eigenvalue weighted by atomic mass is 19.4. The number of rotatable bonds is 6. The van der Waals surface area contributed by atoms with Crippen LogP contribution in [0.3, 0.4) is 0 Å². The Morgan fingerprint density at radius 2 is 1.87 bits per heavy atom. The molecule has 2 aliphatic heterocycles. The summed E-state index contributed by atoms with van der Waals surface area (Å²) in [5.41, 5.74) is 0. The van der Waals surface area contributed by atoms with Gasteiger partial charge in [0.2, 0.25) is 11.8 Å². The van der Waals surface area contributed by atoms with Crippen molar-refractivity contribution in [1.29, 1.82) is 0 Å². The first kappa shape index (κ1) is 26.0. The first-order chi connectivity index (χ1) is 14.4. The second-order valence-electron chi connectivity index (χ2n) is 7.03. The van der Waals surface area contributed by atoms with Crippen LogP contribution in [0.4, 0.5) is 13.2 Å². The Kier molecular flexibility index (Phi) is 10.0. The third-order valence-electron chi connectivity index (χ3n) is 4.57. The van der Waals surface area contributed by atoms with E-state index in [1.807, 2.05) is 6.08 Å². The van der Waals surface area contributed by atoms with Gasteiger partial charge in [0.1, 0.15) is 6.04 Å². The minimum Gasteiger partial charge on any atom is -0.481 e. The average Bonchev–Trinajstić information content (AvgIpc) is 2.65. The molecule has 31 heavy (non-hydrogen) atoms. The van der Waals surface area contributed by atoms with E-state index in [4.69, 9.17) is 21.4 Å². The van der Waals surface area contributed by atoms with Crippen LogP contribution in [-0.2, 0) is 19.2 Å². The lowest BCUT2D eigenvalue weighted by molar-refractivity contribution is -0.192. The quantitative estimate of drug-likeness (QED) is 0.338. The molecule has 2 heterocycles. The average molecular weight is 447 g/mol. The summed E-state index contributed by atoms with van der Waals surface area (Å²) in [6, 6.07) is -0.827. The van der Waals surface area contributed by atoms with Crippen molar-refractivity contribution in [3.05, 3.63) is 12.2 Å². The Hall–Kier alpha value is -3.07. The van der Waals surface area contributed by atoms with Crippen LogP contribution in [-0.4, -0.2) is 77.3 Å². The number of likely N-dealkylation sites (tertiary alicyclic amines) is 1. The SMILES string of the molecule is C#CC(CC(=O)O)NC(=O)[C@@H]1CCCN(C(=O)/C=C/C2CNC2)C1.O=C(O)C(F)(F)F. The summed E-state index contributed by atoms with van der Waals surface area (Å²) in [6.45, 7) is 2.75. The van der Waals surface area contributed by atoms with E-state index in [9.17, 15) is 27.6 Å². The molecule has 0 bridgehead atoms. The fraction of sp³-hybridized carbons (Fsp3) is 0.579. The van der Waals surface area contributed by atoms with Gasteiger partial charge in [0, 0.05) is 32.1 Å². The van der Waals surface area contributed by atoms with Crippen LogP contribution in [0.25, 0.3) is 0 Å². The first-order valence-corrected chi connectivity index (χ1v) is 9.40. The van der Waals surface area contributed by atoms with Gasteiger partial charge in [0.15, 0.2) is 0 Å². The van der Waals surface area contributed by atoms with Crippen LogP contribution < -0.4 is 10.6 Å². The molecule has 2 atom stereocenters. The number of carboxylic acid groups (broad SMARTS) is 2. The van der Waals surface area contributed by atoms with Gasteiger partial charge in [-0.15, -0.1) is 6.42 Å². The lowest BCUT2D eigenvalue weighted by Gasteiger charge is -2.32. The molecule has 4 N–H and O–H groups in total. The number of amides is 2. The molecular formula is C19H24F3N3O6. The molecule has 2 aliphatic rings. The predicted octanol–water partition coefficient (Wildman–Crippen LogP) is 0.227. The van der Waals surface area contributed by atoms with E-state index in [1.165, 1.54) is 0 Å². The van der Waals surface area contributed by atoms with E-state index in [0.29, 0.717) is 25.4 Å². The molecule has 12 heteroatoms. The highest BCUT2D eigenvalue weighted by molar-refractivity contribution is 5.88. The zero-order valence-corrected chi connectivity index (χ0v) is 16.5. The van der Waals surface area contributed by atoms with Crippen molar-refractivity contribution in [3.63, 3.8) is 0 Å². The number of hydrogen-bond acceptors (Lipinski definition) is 5. The Morgan fingerprint density at radius 1 is 1.26 bits per heavy atom. The summed E-state index contributed by atoms with van der Waals surface area (Å²) in [4.78, 5) is 45.8. The maximum Gasteiger partial charge on any atom is 0.490 e. The molecule has 2 amide bonds. The number of carbonyl (C=O) groups is 4. The molecule has 0 aromatic heterocycles. The van der Waals surface area contributed by atoms with Crippen molar-refractivity contribution in [2.24, 2.45) is 11.8 Å². The standard InChI is InChI=1S/C17H23N3O4.C2HF3O2/c1-2-14(8-16(22)23)19-17(24)13-4-3-7-20(11-13)15(21)6-5-12-9-18-10-12;3-2(4,5)1(6)7/h1,5-6,12-14,18H,3-4,7-11H2,(H,19,24)(H,22,23);(H,6,7)/b6-5+;/t13-,14?;/m1./s1. The van der Waals surface area contributed by atoms with Crippen LogP contribution in [0.5, 0.6) is 0 Å². The number of carboxylic acids is 2. The number of nitrogens with one attached hydrogen (secondary N) is 2. The monoisotopic (exact) mass is 447 g/mol. The van der Waals surface area contributed by atoms with Crippen molar-refractivity contribution in [1.82, 2.24) is 15.5 Å². The number of piperidine rings is 1. The van der Waals surface area contributed by atoms with Crippen LogP contribution in [0.1, 0.15) is 19.3 Å². The van der Waals surface area contributed by atoms with E-state index in [-0.39, 0.29) is 24.2 Å². The third-order valence-corrected chi connectivity index (χ3v) is 4.57. The lowest BCUT2D eigenvalue weighted by atomic mass is 9.96. The molecule has 172 valence electrons. The van der Waals surface area contributed by atoms with E-state index in [0.717, 1.165) is 19.5 Å². The van der Waals surface area contributed by atoms with Crippen molar-refractivity contribution in [2.45, 2.75) is 31.5 Å². The normalized spacial score (nSPS) is 19.9. The zero-order chi connectivity index (χ0) is 23.6. The summed E-state index contributed by atoms with van der Waals surface area (Å²) in [6.07, 6.45) is 4.75. The topological polar surface area (TPSA) is 136 Å². The lowest BCUT2D eigenvalue weighted by Crippen LogP contribution is -2.47. The van der Waals surface area contributed by atoms with E-state index in [2.05, 4.69) is 16.6 Å². The largest absolute Gasteiger partial charge is 0.490 e. The Labute approximate surface area is 176 Å². The fourth-order valence-electron chi connectivity index (χ4n) is 2.78. The van der Waals surface area contributed by atoms with E-state index < -0.39 is 24.2 Å². The zero-order valence-electron chi connectivity index (χ0n) is 16.5. The molecule has 2 saturated heterocycles. The number of terminal acetylenes is 1. The molecule has 0 aliphatic carbocycles. The molecule has 0 spiro atoms. The molecule has 0 saturated carbocycles. The van der Waals surface area contributed by atoms with E-state index in [1.54, 1.807) is 11.0 Å². The van der Waals surface area contributed by atoms with Crippen molar-refractivity contribution in [2.75, 3.05) is 26.2 Å². The molecule has 0 aromatic rings. The number of halogens is 3. The first-order valence-electron chi connectivity index (χ1n) is 9.40. The van der Waals surface area contributed by atoms with Crippen LogP contribution in [0.2, 0.25) is 0 Å². The van der Waals surface area contributed by atoms with Gasteiger partial charge in [0.05, 0.1) is 12.3 Å². The molecule has 1 unspecified atom stereocenters. The van der Waals surface area contributed by atoms with Gasteiger partial charge in [-0.3, -0.25) is 14.4 Å². The Balaban J connectivity index is 0.000000592. The molecule has 0 aromatic carbocycles. The second kappa shape index (κ2) is 11.9. The summed E-state index contributed by atoms with van der Waals surface area (Å²) in [5.74, 6) is -1.87. The van der Waals surface area contributed by atoms with Gasteiger partial charge >= 0.3 is 18.1 Å². The number of nitrogens with zero attached hydrogens (tertiary/aromatic N) is 1. The summed E-state index contributed by atoms with van der Waals surface area (Å²) in [7, 11) is 0. The number of carbonyl (C=O) groups excluding carboxylic acids is 2. The van der Waals surface area contributed by atoms with Crippen molar-refractivity contribution < 1.29 is 42.6 Å². The number of alkyl halides is 3. The van der Waals surface area contributed by atoms with Crippen molar-refractivity contribution >= 4 is 23.8 Å². The predicted molar refractivity (Wildman–Crippen MR) is 102 cm³/mol. The number of aliphatic carboxylic acids is 2. The molecule has 0 radical (unpaired) electrons.